The Kier molecular flexibility index (Phi) is 6.12. The van der Waals surface area contributed by atoms with Crippen LogP contribution in [0.4, 0.5) is 24.8 Å². The van der Waals surface area contributed by atoms with E-state index < -0.39 is 11.7 Å². The van der Waals surface area contributed by atoms with E-state index in [0.29, 0.717) is 32.8 Å². The number of alkyl halides is 3. The van der Waals surface area contributed by atoms with Crippen LogP contribution in [0.25, 0.3) is 11.0 Å². The van der Waals surface area contributed by atoms with E-state index >= 15 is 0 Å². The predicted molar refractivity (Wildman–Crippen MR) is 117 cm³/mol. The number of rotatable bonds is 6. The fourth-order valence-corrected chi connectivity index (χ4v) is 3.43. The van der Waals surface area contributed by atoms with Crippen molar-refractivity contribution in [3.8, 4) is 5.75 Å². The van der Waals surface area contributed by atoms with E-state index in [2.05, 4.69) is 25.3 Å². The lowest BCUT2D eigenvalue weighted by Gasteiger charge is -2.13. The highest BCUT2D eigenvalue weighted by Crippen LogP contribution is 2.32. The predicted octanol–water partition coefficient (Wildman–Crippen LogP) is 6.22. The summed E-state index contributed by atoms with van der Waals surface area (Å²) in [5, 5.41) is 3.51. The lowest BCUT2D eigenvalue weighted by atomic mass is 10.1. The van der Waals surface area contributed by atoms with Crippen molar-refractivity contribution in [2.45, 2.75) is 19.0 Å². The Morgan fingerprint density at radius 3 is 2.56 bits per heavy atom. The van der Waals surface area contributed by atoms with E-state index in [4.69, 9.17) is 27.9 Å². The Labute approximate surface area is 190 Å². The fourth-order valence-electron chi connectivity index (χ4n) is 3.13. The number of aromatic amines is 1. The number of imidazole rings is 1. The molecule has 0 aliphatic carbocycles. The van der Waals surface area contributed by atoms with Gasteiger partial charge in [-0.25, -0.2) is 15.0 Å². The van der Waals surface area contributed by atoms with Crippen LogP contribution in [0.1, 0.15) is 17.1 Å². The minimum Gasteiger partial charge on any atom is -0.497 e. The van der Waals surface area contributed by atoms with Gasteiger partial charge in [-0.2, -0.15) is 13.2 Å². The first-order chi connectivity index (χ1) is 15.2. The molecule has 0 saturated carbocycles. The van der Waals surface area contributed by atoms with Gasteiger partial charge in [-0.1, -0.05) is 23.2 Å². The number of fused-ring (bicyclic) bond motifs is 1. The number of nitrogens with zero attached hydrogens (tertiary/aromatic N) is 3. The van der Waals surface area contributed by atoms with Gasteiger partial charge in [-0.3, -0.25) is 0 Å². The van der Waals surface area contributed by atoms with Gasteiger partial charge >= 0.3 is 6.18 Å². The van der Waals surface area contributed by atoms with Crippen molar-refractivity contribution < 1.29 is 17.9 Å². The highest BCUT2D eigenvalue weighted by atomic mass is 35.5. The van der Waals surface area contributed by atoms with Gasteiger partial charge in [-0.15, -0.1) is 0 Å². The second kappa shape index (κ2) is 8.84. The van der Waals surface area contributed by atoms with Crippen molar-refractivity contribution >= 4 is 45.9 Å². The third kappa shape index (κ3) is 4.89. The van der Waals surface area contributed by atoms with Crippen LogP contribution in [0.3, 0.4) is 0 Å². The molecule has 166 valence electrons. The first-order valence-electron chi connectivity index (χ1n) is 9.41. The van der Waals surface area contributed by atoms with Crippen LogP contribution < -0.4 is 10.1 Å². The van der Waals surface area contributed by atoms with Crippen molar-refractivity contribution in [3.05, 3.63) is 69.7 Å². The van der Waals surface area contributed by atoms with Crippen molar-refractivity contribution in [2.24, 2.45) is 0 Å². The normalized spacial score (nSPS) is 11.7. The highest BCUT2D eigenvalue weighted by Gasteiger charge is 2.35. The molecule has 2 aromatic carbocycles. The molecule has 0 unspecified atom stereocenters. The summed E-state index contributed by atoms with van der Waals surface area (Å²) in [5.41, 5.74) is 0.890. The third-order valence-electron chi connectivity index (χ3n) is 4.69. The van der Waals surface area contributed by atoms with Crippen LogP contribution in [-0.4, -0.2) is 27.0 Å². The van der Waals surface area contributed by atoms with Gasteiger partial charge in [0.05, 0.1) is 39.4 Å². The smallest absolute Gasteiger partial charge is 0.419 e. The molecule has 0 aliphatic heterocycles. The molecule has 32 heavy (non-hydrogen) atoms. The number of aryl methyl sites for hydroxylation is 2. The number of anilines is 2. The number of nitrogens with one attached hydrogen (secondary N) is 2. The molecule has 4 aromatic rings. The molecule has 6 nitrogen and oxygen atoms in total. The number of hydrogen-bond donors (Lipinski definition) is 2. The molecular formula is C21H16Cl2F3N5O. The molecule has 2 N–H and O–H groups in total. The topological polar surface area (TPSA) is 75.7 Å². The van der Waals surface area contributed by atoms with Gasteiger partial charge in [0, 0.05) is 24.4 Å². The molecule has 0 saturated heterocycles. The maximum Gasteiger partial charge on any atom is 0.419 e. The van der Waals surface area contributed by atoms with Gasteiger partial charge in [0.1, 0.15) is 11.6 Å². The molecule has 4 rings (SSSR count). The molecule has 11 heteroatoms. The van der Waals surface area contributed by atoms with E-state index in [1.165, 1.54) is 6.07 Å². The van der Waals surface area contributed by atoms with Gasteiger partial charge in [-0.05, 0) is 36.8 Å². The highest BCUT2D eigenvalue weighted by molar-refractivity contribution is 6.42. The average Bonchev–Trinajstić information content (AvgIpc) is 3.16. The number of benzene rings is 2. The second-order valence-electron chi connectivity index (χ2n) is 6.87. The first-order valence-corrected chi connectivity index (χ1v) is 10.2. The van der Waals surface area contributed by atoms with E-state index in [-0.39, 0.29) is 24.5 Å². The quantitative estimate of drug-likeness (QED) is 0.342. The third-order valence-corrected chi connectivity index (χ3v) is 5.42. The van der Waals surface area contributed by atoms with Gasteiger partial charge < -0.3 is 15.0 Å². The lowest BCUT2D eigenvalue weighted by molar-refractivity contribution is -0.138. The van der Waals surface area contributed by atoms with Gasteiger partial charge in [0.2, 0.25) is 5.95 Å². The zero-order valence-electron chi connectivity index (χ0n) is 16.6. The number of methoxy groups -OCH3 is 1. The summed E-state index contributed by atoms with van der Waals surface area (Å²) in [6.45, 7) is 0. The van der Waals surface area contributed by atoms with Crippen LogP contribution in [-0.2, 0) is 19.0 Å². The summed E-state index contributed by atoms with van der Waals surface area (Å²) < 4.78 is 45.7. The minimum atomic E-state index is -4.58. The van der Waals surface area contributed by atoms with Crippen molar-refractivity contribution in [1.82, 2.24) is 19.9 Å². The zero-order valence-corrected chi connectivity index (χ0v) is 18.1. The number of ether oxygens (including phenoxy) is 1. The molecule has 2 aromatic heterocycles. The standard InChI is InChI=1S/C21H16Cl2F3N5O/c1-32-12-3-5-17-18(9-12)30-19(29-17)7-6-16-13(21(24,25)26)10-27-20(31-16)28-11-2-4-14(22)15(23)8-11/h2-5,8-10H,6-7H2,1H3,(H,29,30)(H,27,28,31). The summed E-state index contributed by atoms with van der Waals surface area (Å²) >= 11 is 11.9. The van der Waals surface area contributed by atoms with Crippen LogP contribution >= 0.6 is 23.2 Å². The van der Waals surface area contributed by atoms with Crippen molar-refractivity contribution in [2.75, 3.05) is 12.4 Å². The molecule has 0 fully saturated rings. The fraction of sp³-hybridized carbons (Fsp3) is 0.190. The monoisotopic (exact) mass is 481 g/mol. The van der Waals surface area contributed by atoms with Crippen LogP contribution in [0.15, 0.2) is 42.6 Å². The van der Waals surface area contributed by atoms with Crippen LogP contribution in [0.2, 0.25) is 10.0 Å². The second-order valence-corrected chi connectivity index (χ2v) is 7.69. The van der Waals surface area contributed by atoms with E-state index in [9.17, 15) is 13.2 Å². The van der Waals surface area contributed by atoms with Gasteiger partial charge in [0.25, 0.3) is 0 Å². The summed E-state index contributed by atoms with van der Waals surface area (Å²) in [6.07, 6.45) is -3.59. The number of H-pyrrole nitrogens is 1. The van der Waals surface area contributed by atoms with Crippen LogP contribution in [0, 0.1) is 0 Å². The first kappa shape index (κ1) is 22.2. The summed E-state index contributed by atoms with van der Waals surface area (Å²) in [6, 6.07) is 10.0. The molecule has 2 heterocycles. The number of hydrogen-bond acceptors (Lipinski definition) is 5. The Bertz CT molecular complexity index is 1280. The minimum absolute atomic E-state index is 0.00434. The summed E-state index contributed by atoms with van der Waals surface area (Å²) in [7, 11) is 1.55. The van der Waals surface area contributed by atoms with E-state index in [1.54, 1.807) is 37.4 Å². The van der Waals surface area contributed by atoms with Crippen LogP contribution in [0.5, 0.6) is 5.75 Å². The Morgan fingerprint density at radius 1 is 1.03 bits per heavy atom. The Hall–Kier alpha value is -3.04. The van der Waals surface area contributed by atoms with Gasteiger partial charge in [0.15, 0.2) is 0 Å². The molecule has 0 atom stereocenters. The molecule has 0 aliphatic rings. The van der Waals surface area contributed by atoms with Crippen molar-refractivity contribution in [1.29, 1.82) is 0 Å². The largest absolute Gasteiger partial charge is 0.497 e. The Balaban J connectivity index is 1.59. The lowest BCUT2D eigenvalue weighted by Crippen LogP contribution is -2.14. The number of halogens is 5. The van der Waals surface area contributed by atoms with Crippen molar-refractivity contribution in [3.63, 3.8) is 0 Å². The van der Waals surface area contributed by atoms with E-state index in [1.807, 2.05) is 0 Å². The Morgan fingerprint density at radius 2 is 1.84 bits per heavy atom. The summed E-state index contributed by atoms with van der Waals surface area (Å²) in [4.78, 5) is 15.4. The SMILES string of the molecule is COc1ccc2nc(CCc3nc(Nc4ccc(Cl)c(Cl)c4)ncc3C(F)(F)F)[nH]c2c1. The molecular weight excluding hydrogens is 466 g/mol. The molecule has 0 spiro atoms. The zero-order chi connectivity index (χ0) is 22.9. The number of aromatic nitrogens is 4. The molecule has 0 bridgehead atoms. The average molecular weight is 482 g/mol. The van der Waals surface area contributed by atoms with E-state index in [0.717, 1.165) is 11.7 Å². The maximum atomic E-state index is 13.5. The molecule has 0 radical (unpaired) electrons. The summed E-state index contributed by atoms with van der Waals surface area (Å²) in [5.74, 6) is 1.21. The molecule has 0 amide bonds. The maximum absolute atomic E-state index is 13.5.